The molecule has 140 valence electrons. The average Bonchev–Trinajstić information content (AvgIpc) is 3.11. The summed E-state index contributed by atoms with van der Waals surface area (Å²) in [5.41, 5.74) is 1.36. The van der Waals surface area contributed by atoms with Gasteiger partial charge < -0.3 is 9.32 Å². The first-order valence-corrected chi connectivity index (χ1v) is 9.55. The molecule has 0 N–H and O–H groups in total. The third-order valence-corrected chi connectivity index (χ3v) is 5.01. The molecule has 0 fully saturated rings. The predicted molar refractivity (Wildman–Crippen MR) is 102 cm³/mol. The Balaban J connectivity index is 1.53. The molecule has 3 aromatic rings. The summed E-state index contributed by atoms with van der Waals surface area (Å²) in [6.07, 6.45) is 0.536. The van der Waals surface area contributed by atoms with Crippen LogP contribution in [0.4, 0.5) is 4.39 Å². The van der Waals surface area contributed by atoms with Crippen LogP contribution in [0.2, 0.25) is 5.02 Å². The van der Waals surface area contributed by atoms with Crippen molar-refractivity contribution in [2.24, 2.45) is 0 Å². The molecule has 5 nitrogen and oxygen atoms in total. The van der Waals surface area contributed by atoms with Gasteiger partial charge in [-0.15, -0.1) is 10.2 Å². The minimum absolute atomic E-state index is 0.0913. The summed E-state index contributed by atoms with van der Waals surface area (Å²) in [5, 5.41) is 8.57. The van der Waals surface area contributed by atoms with Crippen LogP contribution in [0, 0.1) is 5.82 Å². The summed E-state index contributed by atoms with van der Waals surface area (Å²) in [6.45, 7) is 0.0913. The molecule has 0 saturated heterocycles. The first kappa shape index (κ1) is 19.4. The number of hydrogen-bond donors (Lipinski definition) is 0. The van der Waals surface area contributed by atoms with Crippen molar-refractivity contribution in [2.45, 2.75) is 18.2 Å². The highest BCUT2D eigenvalue weighted by Crippen LogP contribution is 2.22. The average molecular weight is 406 g/mol. The van der Waals surface area contributed by atoms with Crippen LogP contribution >= 0.6 is 23.4 Å². The zero-order valence-corrected chi connectivity index (χ0v) is 16.1. The normalized spacial score (nSPS) is 10.8. The molecule has 0 aliphatic heterocycles. The topological polar surface area (TPSA) is 59.2 Å². The number of carbonyl (C=O) groups excluding carboxylic acids is 1. The molecule has 1 amide bonds. The fraction of sp³-hybridized carbons (Fsp3) is 0.211. The van der Waals surface area contributed by atoms with Crippen molar-refractivity contribution in [3.8, 4) is 0 Å². The molecule has 1 heterocycles. The Morgan fingerprint density at radius 2 is 1.96 bits per heavy atom. The van der Waals surface area contributed by atoms with E-state index in [0.717, 1.165) is 17.3 Å². The number of rotatable bonds is 7. The van der Waals surface area contributed by atoms with Gasteiger partial charge in [0, 0.05) is 24.2 Å². The fourth-order valence-electron chi connectivity index (χ4n) is 2.38. The lowest BCUT2D eigenvalue weighted by atomic mass is 10.2. The molecule has 0 spiro atoms. The van der Waals surface area contributed by atoms with Gasteiger partial charge in [0.1, 0.15) is 5.82 Å². The van der Waals surface area contributed by atoms with E-state index in [2.05, 4.69) is 10.2 Å². The van der Waals surface area contributed by atoms with Crippen molar-refractivity contribution in [3.05, 3.63) is 76.4 Å². The predicted octanol–water partition coefficient (Wildman–Crippen LogP) is 4.20. The molecule has 0 bridgehead atoms. The summed E-state index contributed by atoms with van der Waals surface area (Å²) >= 11 is 7.15. The van der Waals surface area contributed by atoms with E-state index >= 15 is 0 Å². The molecule has 1 aromatic heterocycles. The van der Waals surface area contributed by atoms with Crippen molar-refractivity contribution in [1.29, 1.82) is 0 Å². The summed E-state index contributed by atoms with van der Waals surface area (Å²) in [7, 11) is 1.60. The lowest BCUT2D eigenvalue weighted by molar-refractivity contribution is -0.127. The summed E-state index contributed by atoms with van der Waals surface area (Å²) in [4.78, 5) is 13.7. The van der Waals surface area contributed by atoms with Crippen LogP contribution in [-0.4, -0.2) is 33.8 Å². The van der Waals surface area contributed by atoms with E-state index < -0.39 is 5.82 Å². The molecule has 3 rings (SSSR count). The smallest absolute Gasteiger partial charge is 0.277 e. The summed E-state index contributed by atoms with van der Waals surface area (Å²) in [5.74, 6) is -0.0303. The highest BCUT2D eigenvalue weighted by Gasteiger charge is 2.16. The number of nitrogens with zero attached hydrogens (tertiary/aromatic N) is 3. The second kappa shape index (κ2) is 9.01. The molecule has 0 atom stereocenters. The van der Waals surface area contributed by atoms with Crippen LogP contribution in [0.3, 0.4) is 0 Å². The molecule has 0 unspecified atom stereocenters. The third-order valence-electron chi connectivity index (χ3n) is 3.85. The van der Waals surface area contributed by atoms with Gasteiger partial charge in [-0.1, -0.05) is 59.8 Å². The van der Waals surface area contributed by atoms with E-state index in [-0.39, 0.29) is 18.2 Å². The number of halogens is 2. The molecule has 0 radical (unpaired) electrons. The second-order valence-corrected chi connectivity index (χ2v) is 7.20. The van der Waals surface area contributed by atoms with Gasteiger partial charge in [0.25, 0.3) is 5.22 Å². The maximum Gasteiger partial charge on any atom is 0.277 e. The van der Waals surface area contributed by atoms with Crippen molar-refractivity contribution in [1.82, 2.24) is 15.1 Å². The number of amides is 1. The van der Waals surface area contributed by atoms with Crippen LogP contribution in [0.25, 0.3) is 0 Å². The Bertz CT molecular complexity index is 900. The van der Waals surface area contributed by atoms with E-state index in [9.17, 15) is 9.18 Å². The molecular formula is C19H17ClFN3O2S. The lowest BCUT2D eigenvalue weighted by Gasteiger charge is -2.17. The van der Waals surface area contributed by atoms with Gasteiger partial charge in [-0.2, -0.15) is 0 Å². The molecule has 27 heavy (non-hydrogen) atoms. The van der Waals surface area contributed by atoms with Crippen molar-refractivity contribution in [2.75, 3.05) is 12.8 Å². The monoisotopic (exact) mass is 405 g/mol. The van der Waals surface area contributed by atoms with Crippen LogP contribution < -0.4 is 0 Å². The molecule has 8 heteroatoms. The number of hydrogen-bond acceptors (Lipinski definition) is 5. The zero-order valence-electron chi connectivity index (χ0n) is 14.6. The maximum absolute atomic E-state index is 13.8. The lowest BCUT2D eigenvalue weighted by Crippen LogP contribution is -2.28. The van der Waals surface area contributed by atoms with Gasteiger partial charge >= 0.3 is 0 Å². The largest absolute Gasteiger partial charge is 0.416 e. The Morgan fingerprint density at radius 1 is 1.19 bits per heavy atom. The Kier molecular flexibility index (Phi) is 6.47. The quantitative estimate of drug-likeness (QED) is 0.551. The van der Waals surface area contributed by atoms with Gasteiger partial charge in [-0.25, -0.2) is 4.39 Å². The molecule has 0 aliphatic carbocycles. The van der Waals surface area contributed by atoms with Crippen molar-refractivity contribution < 1.29 is 13.6 Å². The summed E-state index contributed by atoms with van der Waals surface area (Å²) < 4.78 is 19.4. The standard InChI is InChI=1S/C19H17ClFN3O2S/c1-24(11-14-15(20)8-5-9-16(14)21)18(25)12-27-19-23-22-17(26-19)10-13-6-3-2-4-7-13/h2-9H,10-12H2,1H3. The molecule has 0 saturated carbocycles. The number of benzene rings is 2. The van der Waals surface area contributed by atoms with E-state index in [1.165, 1.54) is 17.0 Å². The fourth-order valence-corrected chi connectivity index (χ4v) is 3.32. The number of carbonyl (C=O) groups is 1. The van der Waals surface area contributed by atoms with Crippen LogP contribution in [0.1, 0.15) is 17.0 Å². The number of thioether (sulfide) groups is 1. The van der Waals surface area contributed by atoms with Crippen molar-refractivity contribution in [3.63, 3.8) is 0 Å². The minimum atomic E-state index is -0.433. The highest BCUT2D eigenvalue weighted by atomic mass is 35.5. The van der Waals surface area contributed by atoms with Crippen LogP contribution in [-0.2, 0) is 17.8 Å². The maximum atomic E-state index is 13.8. The minimum Gasteiger partial charge on any atom is -0.416 e. The first-order valence-electron chi connectivity index (χ1n) is 8.19. The van der Waals surface area contributed by atoms with Gasteiger partial charge in [-0.05, 0) is 17.7 Å². The van der Waals surface area contributed by atoms with E-state index in [1.54, 1.807) is 13.1 Å². The second-order valence-electron chi connectivity index (χ2n) is 5.86. The Labute approximate surface area is 165 Å². The van der Waals surface area contributed by atoms with Crippen LogP contribution in [0.15, 0.2) is 58.2 Å². The Hall–Kier alpha value is -2.38. The van der Waals surface area contributed by atoms with Gasteiger partial charge in [0.2, 0.25) is 11.8 Å². The molecule has 0 aliphatic rings. The molecular weight excluding hydrogens is 389 g/mol. The SMILES string of the molecule is CN(Cc1c(F)cccc1Cl)C(=O)CSc1nnc(Cc2ccccc2)o1. The molecule has 2 aromatic carbocycles. The number of aromatic nitrogens is 2. The van der Waals surface area contributed by atoms with E-state index in [0.29, 0.717) is 28.1 Å². The van der Waals surface area contributed by atoms with Gasteiger partial charge in [0.05, 0.1) is 12.2 Å². The third kappa shape index (κ3) is 5.30. The van der Waals surface area contributed by atoms with Crippen molar-refractivity contribution >= 4 is 29.3 Å². The van der Waals surface area contributed by atoms with Gasteiger partial charge in [0.15, 0.2) is 0 Å². The summed E-state index contributed by atoms with van der Waals surface area (Å²) in [6, 6.07) is 14.2. The Morgan fingerprint density at radius 3 is 2.70 bits per heavy atom. The van der Waals surface area contributed by atoms with E-state index in [1.807, 2.05) is 30.3 Å². The van der Waals surface area contributed by atoms with E-state index in [4.69, 9.17) is 16.0 Å². The van der Waals surface area contributed by atoms with Gasteiger partial charge in [-0.3, -0.25) is 4.79 Å². The highest BCUT2D eigenvalue weighted by molar-refractivity contribution is 7.99. The van der Waals surface area contributed by atoms with Crippen LogP contribution in [0.5, 0.6) is 0 Å². The first-order chi connectivity index (χ1) is 13.0. The zero-order chi connectivity index (χ0) is 19.2.